The lowest BCUT2D eigenvalue weighted by molar-refractivity contribution is 0.146. The van der Waals surface area contributed by atoms with E-state index in [-0.39, 0.29) is 0 Å². The Balaban J connectivity index is 2.31. The molecule has 0 atom stereocenters. The van der Waals surface area contributed by atoms with Crippen molar-refractivity contribution in [2.75, 3.05) is 19.6 Å². The van der Waals surface area contributed by atoms with Crippen LogP contribution in [0.1, 0.15) is 19.8 Å². The molecule has 0 aromatic carbocycles. The lowest BCUT2D eigenvalue weighted by Gasteiger charge is -2.35. The fourth-order valence-corrected chi connectivity index (χ4v) is 1.75. The molecule has 4 N–H and O–H groups in total. The van der Waals surface area contributed by atoms with E-state index in [0.29, 0.717) is 6.04 Å². The summed E-state index contributed by atoms with van der Waals surface area (Å²) in [6.07, 6.45) is 5.50. The molecule has 13 heavy (non-hydrogen) atoms. The largest absolute Gasteiger partial charge is 0.403 e. The van der Waals surface area contributed by atoms with Crippen LogP contribution in [0.5, 0.6) is 0 Å². The fourth-order valence-electron chi connectivity index (χ4n) is 1.75. The highest BCUT2D eigenvalue weighted by Gasteiger charge is 2.19. The molecule has 0 amide bonds. The molecule has 76 valence electrons. The van der Waals surface area contributed by atoms with E-state index >= 15 is 0 Å². The Labute approximate surface area is 80.1 Å². The zero-order valence-corrected chi connectivity index (χ0v) is 8.32. The molecule has 0 spiro atoms. The Hall–Kier alpha value is -0.740. The summed E-state index contributed by atoms with van der Waals surface area (Å²) in [4.78, 5) is 2.44. The normalized spacial score (nSPS) is 21.1. The van der Waals surface area contributed by atoms with Gasteiger partial charge in [0, 0.05) is 31.5 Å². The highest BCUT2D eigenvalue weighted by molar-refractivity contribution is 4.83. The third kappa shape index (κ3) is 2.90. The van der Waals surface area contributed by atoms with Crippen LogP contribution in [-0.2, 0) is 0 Å². The molecule has 1 saturated heterocycles. The summed E-state index contributed by atoms with van der Waals surface area (Å²) in [6, 6.07) is 0.461. The van der Waals surface area contributed by atoms with Gasteiger partial charge in [-0.2, -0.15) is 0 Å². The summed E-state index contributed by atoms with van der Waals surface area (Å²) in [5, 5.41) is 1.73. The first kappa shape index (κ1) is 10.3. The van der Waals surface area contributed by atoms with Crippen molar-refractivity contribution >= 4 is 0 Å². The Kier molecular flexibility index (Phi) is 4.05. The van der Waals surface area contributed by atoms with Gasteiger partial charge in [0.15, 0.2) is 0 Å². The smallest absolute Gasteiger partial charge is 0.0470 e. The monoisotopic (exact) mass is 184 g/mol. The molecule has 1 heterocycles. The third-order valence-corrected chi connectivity index (χ3v) is 2.68. The maximum atomic E-state index is 5.79. The number of nitrogens with two attached hydrogens (primary N) is 2. The molecule has 1 rings (SSSR count). The van der Waals surface area contributed by atoms with Gasteiger partial charge in [-0.3, -0.25) is 0 Å². The average molecular weight is 184 g/mol. The number of nitrogens with zero attached hydrogens (tertiary/aromatic N) is 2. The van der Waals surface area contributed by atoms with Crippen molar-refractivity contribution in [2.24, 2.45) is 11.6 Å². The lowest BCUT2D eigenvalue weighted by atomic mass is 10.1. The van der Waals surface area contributed by atoms with Gasteiger partial charge in [-0.05, 0) is 19.4 Å². The second-order valence-corrected chi connectivity index (χ2v) is 3.45. The van der Waals surface area contributed by atoms with Gasteiger partial charge in [0.25, 0.3) is 0 Å². The summed E-state index contributed by atoms with van der Waals surface area (Å²) >= 11 is 0. The van der Waals surface area contributed by atoms with E-state index in [9.17, 15) is 0 Å². The van der Waals surface area contributed by atoms with Gasteiger partial charge in [0.1, 0.15) is 0 Å². The molecule has 4 heteroatoms. The quantitative estimate of drug-likeness (QED) is 0.481. The molecule has 1 aliphatic heterocycles. The number of piperidine rings is 1. The van der Waals surface area contributed by atoms with Crippen molar-refractivity contribution in [3.8, 4) is 0 Å². The van der Waals surface area contributed by atoms with Crippen molar-refractivity contribution in [3.05, 3.63) is 12.4 Å². The third-order valence-electron chi connectivity index (χ3n) is 2.68. The minimum atomic E-state index is 0.461. The van der Waals surface area contributed by atoms with Crippen LogP contribution in [0, 0.1) is 0 Å². The number of hydrogen-bond acceptors (Lipinski definition) is 4. The molecule has 1 fully saturated rings. The highest BCUT2D eigenvalue weighted by atomic mass is 15.4. The van der Waals surface area contributed by atoms with E-state index in [1.165, 1.54) is 6.20 Å². The number of hydrazine groups is 1. The molecule has 0 unspecified atom stereocenters. The van der Waals surface area contributed by atoms with Crippen molar-refractivity contribution in [2.45, 2.75) is 25.8 Å². The van der Waals surface area contributed by atoms with Crippen molar-refractivity contribution in [3.63, 3.8) is 0 Å². The molecule has 0 radical (unpaired) electrons. The lowest BCUT2D eigenvalue weighted by Crippen LogP contribution is -2.45. The standard InChI is InChI=1S/C9H20N4/c1-2-12-6-3-9(4-7-12)13(11)8-5-10/h5,8-9H,2-4,6-7,10-11H2,1H3/b8-5-. The topological polar surface area (TPSA) is 58.5 Å². The van der Waals surface area contributed by atoms with Crippen molar-refractivity contribution in [1.82, 2.24) is 9.91 Å². The number of hydrogen-bond donors (Lipinski definition) is 2. The van der Waals surface area contributed by atoms with Crippen LogP contribution in [0.15, 0.2) is 12.4 Å². The molecule has 0 saturated carbocycles. The summed E-state index contributed by atoms with van der Waals surface area (Å²) in [5.41, 5.74) is 5.28. The molecule has 0 aromatic heterocycles. The molecule has 4 nitrogen and oxygen atoms in total. The van der Waals surface area contributed by atoms with Crippen molar-refractivity contribution in [1.29, 1.82) is 0 Å². The van der Waals surface area contributed by atoms with Gasteiger partial charge in [0.2, 0.25) is 0 Å². The van der Waals surface area contributed by atoms with Crippen LogP contribution in [0.3, 0.4) is 0 Å². The maximum Gasteiger partial charge on any atom is 0.0470 e. The molecular weight excluding hydrogens is 164 g/mol. The van der Waals surface area contributed by atoms with E-state index in [0.717, 1.165) is 32.5 Å². The zero-order chi connectivity index (χ0) is 9.68. The van der Waals surface area contributed by atoms with Gasteiger partial charge in [-0.25, -0.2) is 5.84 Å². The van der Waals surface area contributed by atoms with E-state index in [2.05, 4.69) is 11.8 Å². The van der Waals surface area contributed by atoms with E-state index in [4.69, 9.17) is 11.6 Å². The molecule has 0 bridgehead atoms. The second kappa shape index (κ2) is 5.09. The van der Waals surface area contributed by atoms with E-state index in [1.807, 2.05) is 0 Å². The zero-order valence-electron chi connectivity index (χ0n) is 8.32. The minimum Gasteiger partial charge on any atom is -0.403 e. The molecule has 0 aromatic rings. The Morgan fingerprint density at radius 2 is 2.08 bits per heavy atom. The predicted molar refractivity (Wildman–Crippen MR) is 54.5 cm³/mol. The molecule has 0 aliphatic carbocycles. The van der Waals surface area contributed by atoms with E-state index in [1.54, 1.807) is 11.2 Å². The van der Waals surface area contributed by atoms with Crippen molar-refractivity contribution < 1.29 is 0 Å². The van der Waals surface area contributed by atoms with Crippen LogP contribution in [0.4, 0.5) is 0 Å². The SMILES string of the molecule is CCN1CCC(N(N)/C=C\N)CC1. The molecule has 1 aliphatic rings. The van der Waals surface area contributed by atoms with E-state index < -0.39 is 0 Å². The predicted octanol–water partition coefficient (Wildman–Crippen LogP) is 0.0763. The Morgan fingerprint density at radius 3 is 2.54 bits per heavy atom. The first-order valence-electron chi connectivity index (χ1n) is 4.91. The summed E-state index contributed by atoms with van der Waals surface area (Å²) < 4.78 is 0. The second-order valence-electron chi connectivity index (χ2n) is 3.45. The van der Waals surface area contributed by atoms with Gasteiger partial charge < -0.3 is 15.6 Å². The van der Waals surface area contributed by atoms with Crippen LogP contribution < -0.4 is 11.6 Å². The van der Waals surface area contributed by atoms with Crippen LogP contribution in [-0.4, -0.2) is 35.6 Å². The van der Waals surface area contributed by atoms with Gasteiger partial charge in [0.05, 0.1) is 0 Å². The van der Waals surface area contributed by atoms with Crippen LogP contribution in [0.25, 0.3) is 0 Å². The summed E-state index contributed by atoms with van der Waals surface area (Å²) in [5.74, 6) is 5.79. The average Bonchev–Trinajstić information content (AvgIpc) is 2.18. The summed E-state index contributed by atoms with van der Waals surface area (Å²) in [6.45, 7) is 5.63. The highest BCUT2D eigenvalue weighted by Crippen LogP contribution is 2.13. The molecular formula is C9H20N4. The van der Waals surface area contributed by atoms with Gasteiger partial charge >= 0.3 is 0 Å². The Bertz CT molecular complexity index is 161. The van der Waals surface area contributed by atoms with Gasteiger partial charge in [-0.15, -0.1) is 0 Å². The first-order valence-corrected chi connectivity index (χ1v) is 4.91. The van der Waals surface area contributed by atoms with Gasteiger partial charge in [-0.1, -0.05) is 6.92 Å². The van der Waals surface area contributed by atoms with Crippen LogP contribution in [0.2, 0.25) is 0 Å². The number of likely N-dealkylation sites (tertiary alicyclic amines) is 1. The maximum absolute atomic E-state index is 5.79. The minimum absolute atomic E-state index is 0.461. The Morgan fingerprint density at radius 1 is 1.46 bits per heavy atom. The van der Waals surface area contributed by atoms with Crippen LogP contribution >= 0.6 is 0 Å². The number of rotatable bonds is 3. The fraction of sp³-hybridized carbons (Fsp3) is 0.778. The summed E-state index contributed by atoms with van der Waals surface area (Å²) in [7, 11) is 0. The first-order chi connectivity index (χ1) is 6.27.